The average molecular weight is 319 g/mol. The summed E-state index contributed by atoms with van der Waals surface area (Å²) in [5, 5.41) is 8.70. The number of pyridine rings is 1. The molecule has 0 fully saturated rings. The number of benzene rings is 1. The summed E-state index contributed by atoms with van der Waals surface area (Å²) in [5.41, 5.74) is 2.18. The Labute approximate surface area is 135 Å². The number of aromatic amines is 3. The molecule has 3 aromatic heterocycles. The summed E-state index contributed by atoms with van der Waals surface area (Å²) in [6, 6.07) is 12.9. The van der Waals surface area contributed by atoms with Gasteiger partial charge in [-0.3, -0.25) is 19.8 Å². The Hall–Kier alpha value is -3.61. The van der Waals surface area contributed by atoms with E-state index < -0.39 is 0 Å². The van der Waals surface area contributed by atoms with Gasteiger partial charge in [0.15, 0.2) is 0 Å². The lowest BCUT2D eigenvalue weighted by molar-refractivity contribution is 0.102. The fourth-order valence-corrected chi connectivity index (χ4v) is 2.62. The topological polar surface area (TPSA) is 106 Å². The van der Waals surface area contributed by atoms with Crippen LogP contribution in [0.1, 0.15) is 10.4 Å². The van der Waals surface area contributed by atoms with Crippen molar-refractivity contribution in [3.05, 3.63) is 70.8 Å². The van der Waals surface area contributed by atoms with Gasteiger partial charge in [-0.15, -0.1) is 0 Å². The van der Waals surface area contributed by atoms with Crippen LogP contribution in [0.3, 0.4) is 0 Å². The fraction of sp³-hybridized carbons (Fsp3) is 0. The smallest absolute Gasteiger partial charge is 0.288 e. The summed E-state index contributed by atoms with van der Waals surface area (Å²) in [6.45, 7) is 0. The maximum absolute atomic E-state index is 12.6. The average Bonchev–Trinajstić information content (AvgIpc) is 3.20. The van der Waals surface area contributed by atoms with Crippen LogP contribution in [0.5, 0.6) is 0 Å². The summed E-state index contributed by atoms with van der Waals surface area (Å²) >= 11 is 0. The van der Waals surface area contributed by atoms with Crippen molar-refractivity contribution in [2.45, 2.75) is 0 Å². The van der Waals surface area contributed by atoms with E-state index >= 15 is 0 Å². The molecule has 4 rings (SSSR count). The maximum Gasteiger partial charge on any atom is 0.288 e. The van der Waals surface area contributed by atoms with Gasteiger partial charge in [-0.1, -0.05) is 30.3 Å². The second-order valence-electron chi connectivity index (χ2n) is 5.25. The van der Waals surface area contributed by atoms with Gasteiger partial charge in [0.25, 0.3) is 11.5 Å². The molecule has 7 heteroatoms. The summed E-state index contributed by atoms with van der Waals surface area (Å²) in [6.07, 6.45) is 3.22. The van der Waals surface area contributed by atoms with Crippen LogP contribution in [0, 0.1) is 0 Å². The molecule has 0 saturated carbocycles. The third-order valence-corrected chi connectivity index (χ3v) is 3.77. The van der Waals surface area contributed by atoms with Crippen molar-refractivity contribution < 1.29 is 4.79 Å². The van der Waals surface area contributed by atoms with E-state index in [4.69, 9.17) is 0 Å². The normalized spacial score (nSPS) is 10.8. The number of carbonyl (C=O) groups is 1. The van der Waals surface area contributed by atoms with Crippen LogP contribution in [0.2, 0.25) is 0 Å². The van der Waals surface area contributed by atoms with Crippen molar-refractivity contribution in [3.8, 4) is 11.3 Å². The van der Waals surface area contributed by atoms with Crippen molar-refractivity contribution >= 4 is 22.6 Å². The maximum atomic E-state index is 12.6. The molecule has 0 unspecified atom stereocenters. The molecule has 1 amide bonds. The van der Waals surface area contributed by atoms with Gasteiger partial charge in [-0.2, -0.15) is 0 Å². The molecule has 0 aliphatic rings. The first kappa shape index (κ1) is 14.0. The van der Waals surface area contributed by atoms with Crippen molar-refractivity contribution in [2.24, 2.45) is 0 Å². The van der Waals surface area contributed by atoms with Crippen LogP contribution >= 0.6 is 0 Å². The molecule has 7 nitrogen and oxygen atoms in total. The summed E-state index contributed by atoms with van der Waals surface area (Å²) < 4.78 is 0. The van der Waals surface area contributed by atoms with Crippen molar-refractivity contribution in [1.29, 1.82) is 0 Å². The molecule has 0 bridgehead atoms. The molecule has 0 saturated heterocycles. The van der Waals surface area contributed by atoms with E-state index in [2.05, 4.69) is 25.5 Å². The van der Waals surface area contributed by atoms with Crippen LogP contribution in [0.15, 0.2) is 59.7 Å². The summed E-state index contributed by atoms with van der Waals surface area (Å²) in [7, 11) is 0. The monoisotopic (exact) mass is 319 g/mol. The first-order chi connectivity index (χ1) is 11.7. The second kappa shape index (κ2) is 5.54. The molecule has 118 valence electrons. The van der Waals surface area contributed by atoms with Gasteiger partial charge in [0.2, 0.25) is 0 Å². The molecule has 0 radical (unpaired) electrons. The largest absolute Gasteiger partial charge is 0.345 e. The number of amides is 1. The molecule has 4 aromatic rings. The predicted molar refractivity (Wildman–Crippen MR) is 90.9 cm³/mol. The number of anilines is 1. The highest BCUT2D eigenvalue weighted by Crippen LogP contribution is 2.23. The molecule has 0 aliphatic heterocycles. The van der Waals surface area contributed by atoms with E-state index in [1.165, 1.54) is 0 Å². The Morgan fingerprint density at radius 3 is 2.71 bits per heavy atom. The Morgan fingerprint density at radius 2 is 1.88 bits per heavy atom. The molecule has 4 N–H and O–H groups in total. The molecule has 1 aromatic carbocycles. The minimum atomic E-state index is -0.389. The van der Waals surface area contributed by atoms with E-state index in [0.717, 1.165) is 5.56 Å². The van der Waals surface area contributed by atoms with E-state index in [1.54, 1.807) is 24.5 Å². The van der Waals surface area contributed by atoms with E-state index in [9.17, 15) is 9.59 Å². The molecule has 3 heterocycles. The van der Waals surface area contributed by atoms with E-state index in [1.807, 2.05) is 30.3 Å². The Bertz CT molecular complexity index is 1080. The Balaban J connectivity index is 1.73. The molecule has 0 atom stereocenters. The van der Waals surface area contributed by atoms with Crippen LogP contribution in [-0.4, -0.2) is 26.1 Å². The zero-order valence-electron chi connectivity index (χ0n) is 12.5. The van der Waals surface area contributed by atoms with Crippen LogP contribution in [0.25, 0.3) is 22.3 Å². The minimum absolute atomic E-state index is 0.185. The lowest BCUT2D eigenvalue weighted by atomic mass is 10.1. The first-order valence-electron chi connectivity index (χ1n) is 7.33. The van der Waals surface area contributed by atoms with Crippen LogP contribution in [-0.2, 0) is 0 Å². The molecular weight excluding hydrogens is 306 g/mol. The predicted octanol–water partition coefficient (Wildman–Crippen LogP) is 2.50. The summed E-state index contributed by atoms with van der Waals surface area (Å²) in [4.78, 5) is 31.8. The third-order valence-electron chi connectivity index (χ3n) is 3.77. The Morgan fingerprint density at radius 1 is 1.04 bits per heavy atom. The van der Waals surface area contributed by atoms with Gasteiger partial charge >= 0.3 is 0 Å². The highest BCUT2D eigenvalue weighted by Gasteiger charge is 2.18. The molecule has 0 aliphatic carbocycles. The number of carbonyl (C=O) groups excluding carboxylic acids is 1. The molecule has 24 heavy (non-hydrogen) atoms. The first-order valence-corrected chi connectivity index (χ1v) is 7.33. The number of nitrogens with zero attached hydrogens (tertiary/aromatic N) is 1. The van der Waals surface area contributed by atoms with Gasteiger partial charge in [0.1, 0.15) is 11.3 Å². The number of hydrogen-bond acceptors (Lipinski definition) is 3. The number of fused-ring (bicyclic) bond motifs is 1. The minimum Gasteiger partial charge on any atom is -0.345 e. The highest BCUT2D eigenvalue weighted by atomic mass is 16.2. The quantitative estimate of drug-likeness (QED) is 0.466. The number of aromatic nitrogens is 4. The molecule has 0 spiro atoms. The van der Waals surface area contributed by atoms with Crippen molar-refractivity contribution in [2.75, 3.05) is 5.32 Å². The SMILES string of the molecule is O=C(Nc1c(-c2ccccc2)[nH][nH]c1=O)c1c[nH]c2ncccc12. The lowest BCUT2D eigenvalue weighted by Crippen LogP contribution is -2.17. The fourth-order valence-electron chi connectivity index (χ4n) is 2.62. The zero-order valence-corrected chi connectivity index (χ0v) is 12.5. The van der Waals surface area contributed by atoms with Crippen LogP contribution < -0.4 is 10.9 Å². The Kier molecular flexibility index (Phi) is 3.24. The standard InChI is InChI=1S/C17H13N5O2/c23-16(12-9-19-15-11(12)7-4-8-18-15)20-14-13(21-22-17(14)24)10-5-2-1-3-6-10/h1-9H,(H,18,19)(H,20,23)(H2,21,22,24). The van der Waals surface area contributed by atoms with Gasteiger partial charge in [0.05, 0.1) is 11.3 Å². The van der Waals surface area contributed by atoms with Gasteiger partial charge in [0, 0.05) is 23.3 Å². The van der Waals surface area contributed by atoms with Gasteiger partial charge in [-0.25, -0.2) is 4.98 Å². The van der Waals surface area contributed by atoms with Crippen LogP contribution in [0.4, 0.5) is 5.69 Å². The van der Waals surface area contributed by atoms with Crippen molar-refractivity contribution in [3.63, 3.8) is 0 Å². The third kappa shape index (κ3) is 2.28. The summed E-state index contributed by atoms with van der Waals surface area (Å²) in [5.74, 6) is -0.378. The van der Waals surface area contributed by atoms with Crippen molar-refractivity contribution in [1.82, 2.24) is 20.2 Å². The second-order valence-corrected chi connectivity index (χ2v) is 5.25. The zero-order chi connectivity index (χ0) is 16.5. The van der Waals surface area contributed by atoms with Gasteiger partial charge < -0.3 is 10.3 Å². The molecular formula is C17H13N5O2. The number of rotatable bonds is 3. The van der Waals surface area contributed by atoms with E-state index in [-0.39, 0.29) is 17.2 Å². The number of H-pyrrole nitrogens is 3. The lowest BCUT2D eigenvalue weighted by Gasteiger charge is -2.04. The van der Waals surface area contributed by atoms with E-state index in [0.29, 0.717) is 22.3 Å². The number of nitrogens with one attached hydrogen (secondary N) is 4. The highest BCUT2D eigenvalue weighted by molar-refractivity contribution is 6.13. The number of hydrogen-bond donors (Lipinski definition) is 4. The van der Waals surface area contributed by atoms with Gasteiger partial charge in [-0.05, 0) is 12.1 Å².